The van der Waals surface area contributed by atoms with Crippen molar-refractivity contribution in [1.29, 1.82) is 0 Å². The van der Waals surface area contributed by atoms with Gasteiger partial charge >= 0.3 is 5.97 Å². The zero-order valence-corrected chi connectivity index (χ0v) is 7.48. The van der Waals surface area contributed by atoms with Gasteiger partial charge in [-0.3, -0.25) is 0 Å². The first-order valence-electron chi connectivity index (χ1n) is 3.98. The molecule has 0 atom stereocenters. The average Bonchev–Trinajstić information content (AvgIpc) is 2.14. The topological polar surface area (TPSA) is 66.8 Å². The zero-order valence-electron chi connectivity index (χ0n) is 7.48. The molecule has 0 amide bonds. The van der Waals surface area contributed by atoms with Gasteiger partial charge in [-0.25, -0.2) is 13.6 Å². The fraction of sp³-hybridized carbons (Fsp3) is 0.222. The molecule has 0 aliphatic carbocycles. The van der Waals surface area contributed by atoms with E-state index in [0.29, 0.717) is 0 Å². The Labute approximate surface area is 83.7 Å². The number of aromatic hydroxyl groups is 1. The van der Waals surface area contributed by atoms with E-state index in [1.165, 1.54) is 6.07 Å². The average molecular weight is 218 g/mol. The number of phenols is 1. The van der Waals surface area contributed by atoms with Crippen LogP contribution >= 0.6 is 0 Å². The Morgan fingerprint density at radius 2 is 2.13 bits per heavy atom. The molecule has 0 aromatic heterocycles. The number of aromatic carboxylic acids is 1. The normalized spacial score (nSPS) is 10.3. The van der Waals surface area contributed by atoms with E-state index in [1.807, 2.05) is 0 Å². The van der Waals surface area contributed by atoms with Gasteiger partial charge in [-0.2, -0.15) is 0 Å². The van der Waals surface area contributed by atoms with E-state index in [0.717, 1.165) is 12.1 Å². The van der Waals surface area contributed by atoms with Gasteiger partial charge in [0.25, 0.3) is 6.43 Å². The Kier molecular flexibility index (Phi) is 3.43. The van der Waals surface area contributed by atoms with Crippen LogP contribution in [0.2, 0.25) is 0 Å². The van der Waals surface area contributed by atoms with Crippen LogP contribution in [0.3, 0.4) is 0 Å². The number of hydrogen-bond acceptors (Lipinski definition) is 3. The standard InChI is InChI=1S/C9H8F2O4/c10-8(11)4-15-5-1-2-6(9(13)14)7(12)3-5/h1-3,8,12H,4H2,(H,13,14). The van der Waals surface area contributed by atoms with Gasteiger partial charge < -0.3 is 14.9 Å². The van der Waals surface area contributed by atoms with Crippen LogP contribution in [0.4, 0.5) is 8.78 Å². The molecule has 0 saturated carbocycles. The maximum absolute atomic E-state index is 11.7. The summed E-state index contributed by atoms with van der Waals surface area (Å²) in [6, 6.07) is 3.26. The molecule has 82 valence electrons. The third kappa shape index (κ3) is 3.08. The molecule has 0 aliphatic heterocycles. The predicted octanol–water partition coefficient (Wildman–Crippen LogP) is 1.73. The molecule has 0 bridgehead atoms. The summed E-state index contributed by atoms with van der Waals surface area (Å²) in [6.45, 7) is -0.800. The summed E-state index contributed by atoms with van der Waals surface area (Å²) in [5.41, 5.74) is -0.306. The summed E-state index contributed by atoms with van der Waals surface area (Å²) in [5.74, 6) is -1.82. The maximum atomic E-state index is 11.7. The Bertz CT molecular complexity index is 365. The molecule has 2 N–H and O–H groups in total. The van der Waals surface area contributed by atoms with Crippen LogP contribution in [0.5, 0.6) is 11.5 Å². The molecule has 0 unspecified atom stereocenters. The van der Waals surface area contributed by atoms with Crippen molar-refractivity contribution >= 4 is 5.97 Å². The molecule has 0 aliphatic rings. The fourth-order valence-electron chi connectivity index (χ4n) is 0.941. The fourth-order valence-corrected chi connectivity index (χ4v) is 0.941. The van der Waals surface area contributed by atoms with Crippen LogP contribution in [0, 0.1) is 0 Å². The second kappa shape index (κ2) is 4.59. The Hall–Kier alpha value is -1.85. The highest BCUT2D eigenvalue weighted by molar-refractivity contribution is 5.90. The second-order valence-electron chi connectivity index (χ2n) is 2.69. The Balaban J connectivity index is 2.78. The first-order valence-corrected chi connectivity index (χ1v) is 3.98. The number of carboxylic acid groups (broad SMARTS) is 1. The lowest BCUT2D eigenvalue weighted by molar-refractivity contribution is 0.0692. The SMILES string of the molecule is O=C(O)c1ccc(OCC(F)F)cc1O. The van der Waals surface area contributed by atoms with Crippen LogP contribution in [0.15, 0.2) is 18.2 Å². The molecule has 0 fully saturated rings. The minimum absolute atomic E-state index is 0.00204. The van der Waals surface area contributed by atoms with E-state index in [9.17, 15) is 18.7 Å². The van der Waals surface area contributed by atoms with E-state index in [1.54, 1.807) is 0 Å². The summed E-state index contributed by atoms with van der Waals surface area (Å²) in [4.78, 5) is 10.5. The van der Waals surface area contributed by atoms with E-state index in [2.05, 4.69) is 4.74 Å². The molecule has 1 aromatic carbocycles. The van der Waals surface area contributed by atoms with Crippen LogP contribution in [-0.2, 0) is 0 Å². The molecule has 4 nitrogen and oxygen atoms in total. The van der Waals surface area contributed by atoms with Crippen molar-refractivity contribution in [2.45, 2.75) is 6.43 Å². The Morgan fingerprint density at radius 3 is 2.60 bits per heavy atom. The van der Waals surface area contributed by atoms with Crippen molar-refractivity contribution in [1.82, 2.24) is 0 Å². The highest BCUT2D eigenvalue weighted by Crippen LogP contribution is 2.23. The maximum Gasteiger partial charge on any atom is 0.339 e. The van der Waals surface area contributed by atoms with Crippen molar-refractivity contribution < 1.29 is 28.5 Å². The molecule has 1 rings (SSSR count). The third-order valence-electron chi connectivity index (χ3n) is 1.58. The van der Waals surface area contributed by atoms with Gasteiger partial charge in [0.1, 0.15) is 23.7 Å². The molecular weight excluding hydrogens is 210 g/mol. The summed E-state index contributed by atoms with van der Waals surface area (Å²) in [7, 11) is 0. The van der Waals surface area contributed by atoms with E-state index in [4.69, 9.17) is 5.11 Å². The van der Waals surface area contributed by atoms with Gasteiger partial charge in [0.05, 0.1) is 0 Å². The van der Waals surface area contributed by atoms with Gasteiger partial charge in [0.2, 0.25) is 0 Å². The van der Waals surface area contributed by atoms with Gasteiger partial charge in [-0.05, 0) is 12.1 Å². The summed E-state index contributed by atoms with van der Waals surface area (Å²) in [6.07, 6.45) is -2.62. The minimum atomic E-state index is -2.62. The smallest absolute Gasteiger partial charge is 0.339 e. The molecule has 1 aromatic rings. The van der Waals surface area contributed by atoms with Crippen LogP contribution in [0.25, 0.3) is 0 Å². The first-order chi connectivity index (χ1) is 7.00. The van der Waals surface area contributed by atoms with Gasteiger partial charge in [0, 0.05) is 6.07 Å². The van der Waals surface area contributed by atoms with Crippen LogP contribution < -0.4 is 4.74 Å². The third-order valence-corrected chi connectivity index (χ3v) is 1.58. The quantitative estimate of drug-likeness (QED) is 0.807. The van der Waals surface area contributed by atoms with Crippen molar-refractivity contribution in [3.05, 3.63) is 23.8 Å². The lowest BCUT2D eigenvalue weighted by Gasteiger charge is -2.06. The lowest BCUT2D eigenvalue weighted by Crippen LogP contribution is -2.07. The zero-order chi connectivity index (χ0) is 11.4. The molecule has 6 heteroatoms. The highest BCUT2D eigenvalue weighted by atomic mass is 19.3. The van der Waals surface area contributed by atoms with Crippen molar-refractivity contribution in [3.8, 4) is 11.5 Å². The number of alkyl halides is 2. The monoisotopic (exact) mass is 218 g/mol. The van der Waals surface area contributed by atoms with Gasteiger partial charge in [-0.1, -0.05) is 0 Å². The molecule has 0 saturated heterocycles. The number of rotatable bonds is 4. The largest absolute Gasteiger partial charge is 0.507 e. The molecule has 15 heavy (non-hydrogen) atoms. The number of benzene rings is 1. The van der Waals surface area contributed by atoms with E-state index >= 15 is 0 Å². The minimum Gasteiger partial charge on any atom is -0.507 e. The number of hydrogen-bond donors (Lipinski definition) is 2. The van der Waals surface area contributed by atoms with Gasteiger partial charge in [0.15, 0.2) is 0 Å². The van der Waals surface area contributed by atoms with Crippen LogP contribution in [0.1, 0.15) is 10.4 Å². The number of halogens is 2. The number of ether oxygens (including phenoxy) is 1. The van der Waals surface area contributed by atoms with Crippen molar-refractivity contribution in [2.24, 2.45) is 0 Å². The summed E-state index contributed by atoms with van der Waals surface area (Å²) >= 11 is 0. The second-order valence-corrected chi connectivity index (χ2v) is 2.69. The summed E-state index contributed by atoms with van der Waals surface area (Å²) in [5, 5.41) is 17.7. The number of carbonyl (C=O) groups is 1. The van der Waals surface area contributed by atoms with E-state index < -0.39 is 24.8 Å². The van der Waals surface area contributed by atoms with Crippen molar-refractivity contribution in [2.75, 3.05) is 6.61 Å². The molecule has 0 spiro atoms. The highest BCUT2D eigenvalue weighted by Gasteiger charge is 2.11. The van der Waals surface area contributed by atoms with Gasteiger partial charge in [-0.15, -0.1) is 0 Å². The molecule has 0 heterocycles. The van der Waals surface area contributed by atoms with E-state index in [-0.39, 0.29) is 11.3 Å². The number of carboxylic acids is 1. The summed E-state index contributed by atoms with van der Waals surface area (Å²) < 4.78 is 28.1. The Morgan fingerprint density at radius 1 is 1.47 bits per heavy atom. The lowest BCUT2D eigenvalue weighted by atomic mass is 10.2. The van der Waals surface area contributed by atoms with Crippen molar-refractivity contribution in [3.63, 3.8) is 0 Å². The van der Waals surface area contributed by atoms with Crippen LogP contribution in [-0.4, -0.2) is 29.2 Å². The predicted molar refractivity (Wildman–Crippen MR) is 46.6 cm³/mol. The molecule has 0 radical (unpaired) electrons. The molecular formula is C9H8F2O4. The first kappa shape index (κ1) is 11.2.